The van der Waals surface area contributed by atoms with Crippen molar-refractivity contribution < 1.29 is 9.53 Å². The second kappa shape index (κ2) is 10.6. The summed E-state index contributed by atoms with van der Waals surface area (Å²) in [4.78, 5) is 15.2. The Kier molecular flexibility index (Phi) is 7.40. The molecule has 1 saturated heterocycles. The van der Waals surface area contributed by atoms with Crippen molar-refractivity contribution in [1.82, 2.24) is 15.5 Å². The largest absolute Gasteiger partial charge is 0.494 e. The molecule has 0 unspecified atom stereocenters. The van der Waals surface area contributed by atoms with Crippen molar-refractivity contribution in [2.24, 2.45) is 0 Å². The predicted octanol–water partition coefficient (Wildman–Crippen LogP) is 4.11. The predicted molar refractivity (Wildman–Crippen MR) is 130 cm³/mol. The first kappa shape index (κ1) is 22.3. The fourth-order valence-electron chi connectivity index (χ4n) is 4.57. The van der Waals surface area contributed by atoms with E-state index in [4.69, 9.17) is 4.74 Å². The van der Waals surface area contributed by atoms with E-state index in [2.05, 4.69) is 70.1 Å². The van der Waals surface area contributed by atoms with E-state index >= 15 is 0 Å². The summed E-state index contributed by atoms with van der Waals surface area (Å²) in [6, 6.07) is 23.3. The Morgan fingerprint density at radius 3 is 2.59 bits per heavy atom. The third-order valence-corrected chi connectivity index (χ3v) is 6.14. The molecule has 1 aliphatic rings. The number of nitrogens with one attached hydrogen (secondary N) is 2. The van der Waals surface area contributed by atoms with Crippen LogP contribution < -0.4 is 15.4 Å². The Balaban J connectivity index is 1.45. The minimum Gasteiger partial charge on any atom is -0.494 e. The quantitative estimate of drug-likeness (QED) is 0.535. The summed E-state index contributed by atoms with van der Waals surface area (Å²) < 4.78 is 5.53. The fraction of sp³-hybridized carbons (Fsp3) is 0.370. The number of likely N-dealkylation sites (tertiary alicyclic amines) is 1. The van der Waals surface area contributed by atoms with E-state index in [9.17, 15) is 4.79 Å². The fourth-order valence-corrected chi connectivity index (χ4v) is 4.57. The van der Waals surface area contributed by atoms with Crippen LogP contribution in [0, 0.1) is 0 Å². The Morgan fingerprint density at radius 2 is 1.81 bits per heavy atom. The maximum atomic E-state index is 12.8. The van der Waals surface area contributed by atoms with Crippen LogP contribution >= 0.6 is 0 Å². The van der Waals surface area contributed by atoms with E-state index in [1.807, 2.05) is 26.0 Å². The topological polar surface area (TPSA) is 53.6 Å². The lowest BCUT2D eigenvalue weighted by molar-refractivity contribution is -0.125. The van der Waals surface area contributed by atoms with E-state index in [1.165, 1.54) is 21.9 Å². The second-order valence-electron chi connectivity index (χ2n) is 8.37. The average molecular weight is 432 g/mol. The highest BCUT2D eigenvalue weighted by atomic mass is 16.5. The lowest BCUT2D eigenvalue weighted by atomic mass is 10.0. The van der Waals surface area contributed by atoms with Crippen molar-refractivity contribution in [2.45, 2.75) is 45.4 Å². The number of carbonyl (C=O) groups is 1. The molecule has 32 heavy (non-hydrogen) atoms. The molecule has 2 N–H and O–H groups in total. The Labute approximate surface area is 190 Å². The summed E-state index contributed by atoms with van der Waals surface area (Å²) >= 11 is 0. The smallest absolute Gasteiger partial charge is 0.237 e. The number of amides is 1. The zero-order chi connectivity index (χ0) is 22.3. The molecule has 0 radical (unpaired) electrons. The molecule has 0 aliphatic carbocycles. The number of benzene rings is 3. The summed E-state index contributed by atoms with van der Waals surface area (Å²) in [7, 11) is 0. The zero-order valence-electron chi connectivity index (χ0n) is 19.0. The molecule has 4 rings (SSSR count). The first-order valence-electron chi connectivity index (χ1n) is 11.6. The van der Waals surface area contributed by atoms with Gasteiger partial charge in [-0.05, 0) is 54.3 Å². The minimum absolute atomic E-state index is 0.119. The first-order chi connectivity index (χ1) is 15.7. The zero-order valence-corrected chi connectivity index (χ0v) is 19.0. The molecule has 0 saturated carbocycles. The van der Waals surface area contributed by atoms with Crippen LogP contribution in [0.5, 0.6) is 5.75 Å². The molecule has 5 nitrogen and oxygen atoms in total. The average Bonchev–Trinajstić information content (AvgIpc) is 3.22. The van der Waals surface area contributed by atoms with Gasteiger partial charge in [0.05, 0.1) is 12.6 Å². The minimum atomic E-state index is -0.119. The monoisotopic (exact) mass is 431 g/mol. The van der Waals surface area contributed by atoms with Crippen molar-refractivity contribution in [1.29, 1.82) is 0 Å². The molecule has 3 aromatic rings. The van der Waals surface area contributed by atoms with Gasteiger partial charge in [-0.1, -0.05) is 54.6 Å². The van der Waals surface area contributed by atoms with Gasteiger partial charge in [0.2, 0.25) is 5.91 Å². The second-order valence-corrected chi connectivity index (χ2v) is 8.37. The molecule has 2 atom stereocenters. The van der Waals surface area contributed by atoms with Gasteiger partial charge in [-0.2, -0.15) is 0 Å². The van der Waals surface area contributed by atoms with Gasteiger partial charge >= 0.3 is 0 Å². The molecular formula is C27H33N3O2. The van der Waals surface area contributed by atoms with Gasteiger partial charge in [-0.25, -0.2) is 0 Å². The van der Waals surface area contributed by atoms with Crippen LogP contribution in [-0.4, -0.2) is 42.6 Å². The normalized spacial score (nSPS) is 18.7. The van der Waals surface area contributed by atoms with Crippen molar-refractivity contribution in [2.75, 3.05) is 19.7 Å². The van der Waals surface area contributed by atoms with Gasteiger partial charge in [-0.3, -0.25) is 9.69 Å². The van der Waals surface area contributed by atoms with Crippen LogP contribution in [-0.2, 0) is 17.9 Å². The molecule has 1 heterocycles. The van der Waals surface area contributed by atoms with E-state index in [1.54, 1.807) is 0 Å². The SMILES string of the molecule is CCNC(=O)[C@@H]1C[C@@H](NCc2ccc(OCC)cc2)CN1Cc1cccc2ccccc12. The summed E-state index contributed by atoms with van der Waals surface area (Å²) in [5.74, 6) is 1.02. The van der Waals surface area contributed by atoms with E-state index in [0.29, 0.717) is 13.2 Å². The van der Waals surface area contributed by atoms with Crippen LogP contribution in [0.2, 0.25) is 0 Å². The maximum absolute atomic E-state index is 12.8. The number of fused-ring (bicyclic) bond motifs is 1. The van der Waals surface area contributed by atoms with Gasteiger partial charge in [0, 0.05) is 32.2 Å². The molecule has 1 amide bonds. The van der Waals surface area contributed by atoms with Gasteiger partial charge < -0.3 is 15.4 Å². The highest BCUT2D eigenvalue weighted by Gasteiger charge is 2.36. The van der Waals surface area contributed by atoms with Crippen LogP contribution in [0.3, 0.4) is 0 Å². The summed E-state index contributed by atoms with van der Waals surface area (Å²) in [6.07, 6.45) is 0.813. The number of hydrogen-bond donors (Lipinski definition) is 2. The lowest BCUT2D eigenvalue weighted by Gasteiger charge is -2.24. The molecule has 3 aromatic carbocycles. The molecule has 0 bridgehead atoms. The van der Waals surface area contributed by atoms with E-state index in [-0.39, 0.29) is 18.0 Å². The summed E-state index contributed by atoms with van der Waals surface area (Å²) in [6.45, 7) is 7.69. The van der Waals surface area contributed by atoms with Crippen LogP contribution in [0.1, 0.15) is 31.4 Å². The van der Waals surface area contributed by atoms with Gasteiger partial charge in [0.25, 0.3) is 0 Å². The highest BCUT2D eigenvalue weighted by Crippen LogP contribution is 2.25. The Morgan fingerprint density at radius 1 is 1.03 bits per heavy atom. The molecule has 168 valence electrons. The molecule has 0 aromatic heterocycles. The molecule has 1 aliphatic heterocycles. The Bertz CT molecular complexity index is 1030. The molecular weight excluding hydrogens is 398 g/mol. The van der Waals surface area contributed by atoms with Crippen molar-refractivity contribution >= 4 is 16.7 Å². The Hall–Kier alpha value is -2.89. The number of likely N-dealkylation sites (N-methyl/N-ethyl adjacent to an activating group) is 1. The van der Waals surface area contributed by atoms with Crippen molar-refractivity contribution in [3.63, 3.8) is 0 Å². The first-order valence-corrected chi connectivity index (χ1v) is 11.6. The molecule has 1 fully saturated rings. The number of carbonyl (C=O) groups excluding carboxylic acids is 1. The summed E-state index contributed by atoms with van der Waals surface area (Å²) in [5, 5.41) is 9.20. The summed E-state index contributed by atoms with van der Waals surface area (Å²) in [5.41, 5.74) is 2.49. The third kappa shape index (κ3) is 5.29. The standard InChI is InChI=1S/C27H33N3O2/c1-3-28-27(31)26-16-23(29-17-20-12-14-24(15-13-20)32-4-2)19-30(26)18-22-10-7-9-21-8-5-6-11-25(21)22/h5-15,23,26,29H,3-4,16-19H2,1-2H3,(H,28,31)/t23-,26+/m1/s1. The lowest BCUT2D eigenvalue weighted by Crippen LogP contribution is -2.42. The number of ether oxygens (including phenoxy) is 1. The van der Waals surface area contributed by atoms with Crippen molar-refractivity contribution in [3.8, 4) is 5.75 Å². The van der Waals surface area contributed by atoms with Crippen molar-refractivity contribution in [3.05, 3.63) is 77.9 Å². The van der Waals surface area contributed by atoms with Gasteiger partial charge in [-0.15, -0.1) is 0 Å². The number of nitrogens with zero attached hydrogens (tertiary/aromatic N) is 1. The third-order valence-electron chi connectivity index (χ3n) is 6.14. The van der Waals surface area contributed by atoms with Crippen LogP contribution in [0.4, 0.5) is 0 Å². The van der Waals surface area contributed by atoms with Crippen LogP contribution in [0.25, 0.3) is 10.8 Å². The number of rotatable bonds is 9. The van der Waals surface area contributed by atoms with E-state index in [0.717, 1.165) is 31.8 Å². The van der Waals surface area contributed by atoms with E-state index < -0.39 is 0 Å². The number of hydrogen-bond acceptors (Lipinski definition) is 4. The maximum Gasteiger partial charge on any atom is 0.237 e. The van der Waals surface area contributed by atoms with Crippen LogP contribution in [0.15, 0.2) is 66.7 Å². The van der Waals surface area contributed by atoms with Gasteiger partial charge in [0.1, 0.15) is 5.75 Å². The van der Waals surface area contributed by atoms with Gasteiger partial charge in [0.15, 0.2) is 0 Å². The molecule has 5 heteroatoms. The molecule has 0 spiro atoms. The highest BCUT2D eigenvalue weighted by molar-refractivity contribution is 5.86.